The number of hydrogen-bond acceptors (Lipinski definition) is 3. The minimum Gasteiger partial charge on any atom is -0.465 e. The van der Waals surface area contributed by atoms with Crippen molar-refractivity contribution in [1.29, 1.82) is 0 Å². The van der Waals surface area contributed by atoms with Crippen LogP contribution in [0, 0.1) is 5.41 Å². The number of carbonyl (C=O) groups is 1. The van der Waals surface area contributed by atoms with E-state index in [9.17, 15) is 4.79 Å². The van der Waals surface area contributed by atoms with Crippen molar-refractivity contribution in [2.75, 3.05) is 6.54 Å². The van der Waals surface area contributed by atoms with Crippen molar-refractivity contribution in [2.24, 2.45) is 5.41 Å². The van der Waals surface area contributed by atoms with Gasteiger partial charge in [0.25, 0.3) is 0 Å². The Bertz CT molecular complexity index is 531. The molecule has 0 aromatic carbocycles. The van der Waals surface area contributed by atoms with Gasteiger partial charge in [-0.1, -0.05) is 25.4 Å². The van der Waals surface area contributed by atoms with Gasteiger partial charge in [-0.05, 0) is 31.6 Å². The molecule has 0 unspecified atom stereocenters. The first-order valence-electron chi connectivity index (χ1n) is 6.84. The Hall–Kier alpha value is -1.36. The lowest BCUT2D eigenvalue weighted by Crippen LogP contribution is -2.30. The zero-order valence-electron chi connectivity index (χ0n) is 12.1. The van der Waals surface area contributed by atoms with Gasteiger partial charge in [0, 0.05) is 17.8 Å². The van der Waals surface area contributed by atoms with E-state index in [2.05, 4.69) is 23.8 Å². The van der Waals surface area contributed by atoms with E-state index in [0.29, 0.717) is 17.5 Å². The van der Waals surface area contributed by atoms with Crippen LogP contribution in [0.15, 0.2) is 0 Å². The molecule has 5 nitrogen and oxygen atoms in total. The third kappa shape index (κ3) is 3.20. The van der Waals surface area contributed by atoms with Crippen LogP contribution in [0.3, 0.4) is 0 Å². The van der Waals surface area contributed by atoms with Crippen LogP contribution in [0.5, 0.6) is 0 Å². The van der Waals surface area contributed by atoms with Gasteiger partial charge in [-0.2, -0.15) is 0 Å². The highest BCUT2D eigenvalue weighted by Crippen LogP contribution is 2.36. The number of amides is 1. The molecule has 1 amide bonds. The largest absolute Gasteiger partial charge is 0.465 e. The predicted octanol–water partition coefficient (Wildman–Crippen LogP) is 3.14. The molecule has 1 N–H and O–H groups in total. The third-order valence-corrected chi connectivity index (χ3v) is 4.08. The third-order valence-electron chi connectivity index (χ3n) is 3.77. The first-order chi connectivity index (χ1) is 9.32. The molecule has 20 heavy (non-hydrogen) atoms. The Labute approximate surface area is 124 Å². The second-order valence-electron chi connectivity index (χ2n) is 5.99. The van der Waals surface area contributed by atoms with Crippen LogP contribution in [0.1, 0.15) is 44.3 Å². The highest BCUT2D eigenvalue weighted by atomic mass is 35.5. The summed E-state index contributed by atoms with van der Waals surface area (Å²) in [7, 11) is 0. The summed E-state index contributed by atoms with van der Waals surface area (Å²) in [6.45, 7) is 6.80. The van der Waals surface area contributed by atoms with Gasteiger partial charge in [0.15, 0.2) is 0 Å². The minimum atomic E-state index is -0.967. The number of halogens is 1. The van der Waals surface area contributed by atoms with Crippen molar-refractivity contribution in [3.05, 3.63) is 22.2 Å². The number of aromatic nitrogens is 2. The van der Waals surface area contributed by atoms with Crippen LogP contribution in [-0.4, -0.2) is 32.6 Å². The second-order valence-corrected chi connectivity index (χ2v) is 6.35. The highest BCUT2D eigenvalue weighted by molar-refractivity contribution is 6.30. The van der Waals surface area contributed by atoms with E-state index in [-0.39, 0.29) is 12.0 Å². The molecule has 1 aromatic heterocycles. The molecule has 0 aliphatic heterocycles. The van der Waals surface area contributed by atoms with Crippen molar-refractivity contribution < 1.29 is 9.90 Å². The molecule has 0 saturated heterocycles. The summed E-state index contributed by atoms with van der Waals surface area (Å²) in [5.41, 5.74) is 2.21. The van der Waals surface area contributed by atoms with Gasteiger partial charge in [0.2, 0.25) is 0 Å². The Morgan fingerprint density at radius 3 is 2.75 bits per heavy atom. The average Bonchev–Trinajstić information content (AvgIpc) is 2.36. The van der Waals surface area contributed by atoms with Gasteiger partial charge in [-0.3, -0.25) is 0 Å². The quantitative estimate of drug-likeness (QED) is 0.870. The predicted molar refractivity (Wildman–Crippen MR) is 77.0 cm³/mol. The fourth-order valence-electron chi connectivity index (χ4n) is 2.51. The van der Waals surface area contributed by atoms with Crippen LogP contribution < -0.4 is 0 Å². The maximum absolute atomic E-state index is 11.0. The van der Waals surface area contributed by atoms with Crippen molar-refractivity contribution in [2.45, 2.75) is 46.6 Å². The maximum atomic E-state index is 11.0. The first kappa shape index (κ1) is 15.0. The Balaban J connectivity index is 2.27. The molecule has 2 rings (SSSR count). The van der Waals surface area contributed by atoms with Crippen LogP contribution in [0.4, 0.5) is 4.79 Å². The highest BCUT2D eigenvalue weighted by Gasteiger charge is 2.29. The van der Waals surface area contributed by atoms with E-state index in [4.69, 9.17) is 16.7 Å². The standard InChI is InChI=1S/C14H20ClN3O2/c1-4-18(13(19)20)8-11-16-10-5-6-14(2,3)7-9(10)12(15)17-11/h4-8H2,1-3H3,(H,19,20). The van der Waals surface area contributed by atoms with E-state index in [1.54, 1.807) is 6.92 Å². The number of carboxylic acid groups (broad SMARTS) is 1. The second kappa shape index (κ2) is 5.56. The van der Waals surface area contributed by atoms with Crippen molar-refractivity contribution in [3.8, 4) is 0 Å². The lowest BCUT2D eigenvalue weighted by molar-refractivity contribution is 0.143. The van der Waals surface area contributed by atoms with Crippen molar-refractivity contribution in [3.63, 3.8) is 0 Å². The fraction of sp³-hybridized carbons (Fsp3) is 0.643. The van der Waals surface area contributed by atoms with Crippen molar-refractivity contribution in [1.82, 2.24) is 14.9 Å². The zero-order chi connectivity index (χ0) is 14.9. The number of fused-ring (bicyclic) bond motifs is 1. The van der Waals surface area contributed by atoms with E-state index in [1.807, 2.05) is 0 Å². The van der Waals surface area contributed by atoms with Gasteiger partial charge >= 0.3 is 6.09 Å². The molecule has 1 heterocycles. The molecule has 110 valence electrons. The number of rotatable bonds is 3. The number of nitrogens with zero attached hydrogens (tertiary/aromatic N) is 3. The number of hydrogen-bond donors (Lipinski definition) is 1. The van der Waals surface area contributed by atoms with Crippen molar-refractivity contribution >= 4 is 17.7 Å². The molecule has 1 aromatic rings. The lowest BCUT2D eigenvalue weighted by atomic mass is 9.76. The number of aryl methyl sites for hydroxylation is 1. The monoisotopic (exact) mass is 297 g/mol. The van der Waals surface area contributed by atoms with E-state index >= 15 is 0 Å². The Morgan fingerprint density at radius 1 is 1.45 bits per heavy atom. The van der Waals surface area contributed by atoms with Crippen LogP contribution >= 0.6 is 11.6 Å². The summed E-state index contributed by atoms with van der Waals surface area (Å²) in [5, 5.41) is 9.52. The molecule has 0 saturated carbocycles. The molecule has 0 bridgehead atoms. The lowest BCUT2D eigenvalue weighted by Gasteiger charge is -2.31. The van der Waals surface area contributed by atoms with Crippen LogP contribution in [-0.2, 0) is 19.4 Å². The van der Waals surface area contributed by atoms with Gasteiger partial charge in [0.05, 0.1) is 6.54 Å². The zero-order valence-corrected chi connectivity index (χ0v) is 12.9. The normalized spacial score (nSPS) is 16.6. The van der Waals surface area contributed by atoms with E-state index in [0.717, 1.165) is 30.5 Å². The summed E-state index contributed by atoms with van der Waals surface area (Å²) in [5.74, 6) is 0.484. The van der Waals surface area contributed by atoms with Gasteiger partial charge in [-0.25, -0.2) is 14.8 Å². The first-order valence-corrected chi connectivity index (χ1v) is 7.22. The molecule has 0 spiro atoms. The van der Waals surface area contributed by atoms with Crippen LogP contribution in [0.25, 0.3) is 0 Å². The van der Waals surface area contributed by atoms with E-state index in [1.165, 1.54) is 4.90 Å². The molecule has 0 radical (unpaired) electrons. The molecule has 6 heteroatoms. The average molecular weight is 298 g/mol. The Kier molecular flexibility index (Phi) is 4.18. The summed E-state index contributed by atoms with van der Waals surface area (Å²) in [6.07, 6.45) is 1.84. The van der Waals surface area contributed by atoms with Gasteiger partial charge in [0.1, 0.15) is 11.0 Å². The molecule has 1 aliphatic carbocycles. The molecule has 1 aliphatic rings. The van der Waals surface area contributed by atoms with Crippen LogP contribution in [0.2, 0.25) is 5.15 Å². The summed E-state index contributed by atoms with van der Waals surface area (Å²) in [4.78, 5) is 21.1. The smallest absolute Gasteiger partial charge is 0.407 e. The fourth-order valence-corrected chi connectivity index (χ4v) is 2.78. The molecule has 0 atom stereocenters. The topological polar surface area (TPSA) is 66.3 Å². The maximum Gasteiger partial charge on any atom is 0.407 e. The summed E-state index contributed by atoms with van der Waals surface area (Å²) < 4.78 is 0. The van der Waals surface area contributed by atoms with Gasteiger partial charge < -0.3 is 10.0 Å². The van der Waals surface area contributed by atoms with Gasteiger partial charge in [-0.15, -0.1) is 0 Å². The Morgan fingerprint density at radius 2 is 2.15 bits per heavy atom. The SMILES string of the molecule is CCN(Cc1nc(Cl)c2c(n1)CCC(C)(C)C2)C(=O)O. The minimum absolute atomic E-state index is 0.183. The van der Waals surface area contributed by atoms with E-state index < -0.39 is 6.09 Å². The summed E-state index contributed by atoms with van der Waals surface area (Å²) >= 11 is 6.26. The molecular weight excluding hydrogens is 278 g/mol. The molecular formula is C14H20ClN3O2. The molecule has 0 fully saturated rings. The summed E-state index contributed by atoms with van der Waals surface area (Å²) in [6, 6.07) is 0.